The quantitative estimate of drug-likeness (QED) is 0.784. The number of nitrogens with zero attached hydrogens (tertiary/aromatic N) is 1. The van der Waals surface area contributed by atoms with Crippen LogP contribution in [0.4, 0.5) is 4.39 Å². The van der Waals surface area contributed by atoms with Crippen molar-refractivity contribution in [2.75, 3.05) is 20.2 Å². The zero-order valence-electron chi connectivity index (χ0n) is 11.5. The molecule has 1 aromatic rings. The molecule has 0 spiro atoms. The molecule has 0 bridgehead atoms. The summed E-state index contributed by atoms with van der Waals surface area (Å²) in [5, 5.41) is 0. The molecule has 1 fully saturated rings. The molecule has 0 aromatic heterocycles. The minimum Gasteiger partial charge on any atom is -0.494 e. The Morgan fingerprint density at radius 3 is 2.89 bits per heavy atom. The molecule has 2 rings (SSSR count). The highest BCUT2D eigenvalue weighted by molar-refractivity contribution is 5.97. The van der Waals surface area contributed by atoms with E-state index in [0.29, 0.717) is 18.2 Å². The molecule has 1 unspecified atom stereocenters. The molecule has 1 atom stereocenters. The van der Waals surface area contributed by atoms with E-state index < -0.39 is 5.82 Å². The van der Waals surface area contributed by atoms with Crippen LogP contribution in [-0.2, 0) is 0 Å². The fourth-order valence-electron chi connectivity index (χ4n) is 2.51. The van der Waals surface area contributed by atoms with Gasteiger partial charge in [-0.3, -0.25) is 9.69 Å². The molecule has 1 saturated heterocycles. The minimum absolute atomic E-state index is 0.0321. The predicted molar refractivity (Wildman–Crippen MR) is 72.2 cm³/mol. The Hall–Kier alpha value is -1.42. The van der Waals surface area contributed by atoms with Gasteiger partial charge in [0.05, 0.1) is 13.7 Å². The number of benzene rings is 1. The third kappa shape index (κ3) is 3.32. The highest BCUT2D eigenvalue weighted by Gasteiger charge is 2.21. The van der Waals surface area contributed by atoms with Crippen LogP contribution in [0.1, 0.15) is 36.5 Å². The van der Waals surface area contributed by atoms with E-state index in [9.17, 15) is 9.18 Å². The van der Waals surface area contributed by atoms with Crippen LogP contribution in [0.5, 0.6) is 5.75 Å². The Labute approximate surface area is 113 Å². The van der Waals surface area contributed by atoms with Crippen LogP contribution in [0.25, 0.3) is 0 Å². The number of carbonyl (C=O) groups excluding carboxylic acids is 1. The van der Waals surface area contributed by atoms with Gasteiger partial charge >= 0.3 is 0 Å². The molecule has 4 heteroatoms. The number of likely N-dealkylation sites (tertiary alicyclic amines) is 1. The first kappa shape index (κ1) is 14.0. The van der Waals surface area contributed by atoms with Crippen molar-refractivity contribution in [2.24, 2.45) is 0 Å². The zero-order chi connectivity index (χ0) is 13.8. The van der Waals surface area contributed by atoms with Crippen LogP contribution in [0, 0.1) is 5.82 Å². The Morgan fingerprint density at radius 1 is 1.47 bits per heavy atom. The fraction of sp³-hybridized carbons (Fsp3) is 0.533. The lowest BCUT2D eigenvalue weighted by Crippen LogP contribution is -2.40. The third-order valence-corrected chi connectivity index (χ3v) is 3.76. The second-order valence-electron chi connectivity index (χ2n) is 5.09. The van der Waals surface area contributed by atoms with Crippen molar-refractivity contribution in [3.63, 3.8) is 0 Å². The number of hydrogen-bond donors (Lipinski definition) is 0. The van der Waals surface area contributed by atoms with Crippen LogP contribution < -0.4 is 4.74 Å². The predicted octanol–water partition coefficient (Wildman–Crippen LogP) is 2.89. The van der Waals surface area contributed by atoms with Gasteiger partial charge in [-0.2, -0.15) is 0 Å². The molecule has 1 heterocycles. The summed E-state index contributed by atoms with van der Waals surface area (Å²) >= 11 is 0. The molecule has 0 radical (unpaired) electrons. The topological polar surface area (TPSA) is 29.5 Å². The van der Waals surface area contributed by atoms with Crippen molar-refractivity contribution >= 4 is 5.78 Å². The first-order chi connectivity index (χ1) is 9.11. The van der Waals surface area contributed by atoms with Crippen LogP contribution in [0.3, 0.4) is 0 Å². The van der Waals surface area contributed by atoms with Gasteiger partial charge in [0.2, 0.25) is 0 Å². The van der Waals surface area contributed by atoms with Crippen LogP contribution in [0.15, 0.2) is 18.2 Å². The number of halogens is 1. The van der Waals surface area contributed by atoms with Crippen LogP contribution >= 0.6 is 0 Å². The lowest BCUT2D eigenvalue weighted by Gasteiger charge is -2.32. The smallest absolute Gasteiger partial charge is 0.176 e. The van der Waals surface area contributed by atoms with Crippen LogP contribution in [0.2, 0.25) is 0 Å². The summed E-state index contributed by atoms with van der Waals surface area (Å²) in [6.07, 6.45) is 3.49. The van der Waals surface area contributed by atoms with Crippen molar-refractivity contribution in [1.82, 2.24) is 4.90 Å². The Balaban J connectivity index is 2.05. The highest BCUT2D eigenvalue weighted by atomic mass is 19.1. The first-order valence-corrected chi connectivity index (χ1v) is 6.72. The van der Waals surface area contributed by atoms with E-state index in [0.717, 1.165) is 19.4 Å². The summed E-state index contributed by atoms with van der Waals surface area (Å²) < 4.78 is 18.4. The Morgan fingerprint density at radius 2 is 2.26 bits per heavy atom. The first-order valence-electron chi connectivity index (χ1n) is 6.72. The summed E-state index contributed by atoms with van der Waals surface area (Å²) in [4.78, 5) is 14.3. The zero-order valence-corrected chi connectivity index (χ0v) is 11.5. The molecule has 19 heavy (non-hydrogen) atoms. The van der Waals surface area contributed by atoms with Gasteiger partial charge in [0.15, 0.2) is 17.3 Å². The number of hydrogen-bond acceptors (Lipinski definition) is 3. The van der Waals surface area contributed by atoms with Crippen molar-refractivity contribution < 1.29 is 13.9 Å². The van der Waals surface area contributed by atoms with E-state index in [4.69, 9.17) is 4.74 Å². The highest BCUT2D eigenvalue weighted by Crippen LogP contribution is 2.20. The van der Waals surface area contributed by atoms with Gasteiger partial charge in [0, 0.05) is 11.6 Å². The van der Waals surface area contributed by atoms with E-state index in [2.05, 4.69) is 11.8 Å². The second kappa shape index (κ2) is 6.15. The van der Waals surface area contributed by atoms with Gasteiger partial charge in [-0.05, 0) is 44.5 Å². The number of carbonyl (C=O) groups is 1. The number of Topliss-reactive ketones (excluding diaryl/α,β-unsaturated/α-hetero) is 1. The molecular weight excluding hydrogens is 245 g/mol. The average molecular weight is 265 g/mol. The molecule has 0 saturated carbocycles. The van der Waals surface area contributed by atoms with Gasteiger partial charge in [0.1, 0.15) is 0 Å². The maximum atomic E-state index is 13.6. The number of piperidine rings is 1. The van der Waals surface area contributed by atoms with Gasteiger partial charge in [0.25, 0.3) is 0 Å². The van der Waals surface area contributed by atoms with E-state index in [1.165, 1.54) is 25.7 Å². The second-order valence-corrected chi connectivity index (χ2v) is 5.09. The van der Waals surface area contributed by atoms with E-state index in [1.807, 2.05) is 0 Å². The maximum Gasteiger partial charge on any atom is 0.176 e. The molecule has 1 aliphatic rings. The maximum absolute atomic E-state index is 13.6. The van der Waals surface area contributed by atoms with Crippen LogP contribution in [-0.4, -0.2) is 36.9 Å². The summed E-state index contributed by atoms with van der Waals surface area (Å²) in [7, 11) is 1.41. The fourth-order valence-corrected chi connectivity index (χ4v) is 2.51. The lowest BCUT2D eigenvalue weighted by molar-refractivity contribution is 0.0860. The van der Waals surface area contributed by atoms with Crippen molar-refractivity contribution in [2.45, 2.75) is 32.2 Å². The number of rotatable bonds is 4. The molecule has 0 amide bonds. The van der Waals surface area contributed by atoms with E-state index in [1.54, 1.807) is 6.07 Å². The Bertz CT molecular complexity index is 461. The summed E-state index contributed by atoms with van der Waals surface area (Å²) in [5.74, 6) is -0.349. The molecule has 1 aromatic carbocycles. The standard InChI is InChI=1S/C15H20FNO2/c1-11-5-3-4-8-17(11)10-14(18)12-6-7-15(19-2)13(16)9-12/h6-7,9,11H,3-5,8,10H2,1-2H3. The van der Waals surface area contributed by atoms with Crippen molar-refractivity contribution in [1.29, 1.82) is 0 Å². The third-order valence-electron chi connectivity index (χ3n) is 3.76. The largest absolute Gasteiger partial charge is 0.494 e. The minimum atomic E-state index is -0.486. The summed E-state index contributed by atoms with van der Waals surface area (Å²) in [5.41, 5.74) is 0.413. The number of methoxy groups -OCH3 is 1. The SMILES string of the molecule is COc1ccc(C(=O)CN2CCCCC2C)cc1F. The van der Waals surface area contributed by atoms with Crippen molar-refractivity contribution in [3.8, 4) is 5.75 Å². The van der Waals surface area contributed by atoms with E-state index >= 15 is 0 Å². The molecule has 1 aliphatic heterocycles. The molecular formula is C15H20FNO2. The van der Waals surface area contributed by atoms with Gasteiger partial charge in [-0.25, -0.2) is 4.39 Å². The molecule has 0 N–H and O–H groups in total. The molecule has 104 valence electrons. The number of ketones is 1. The monoisotopic (exact) mass is 265 g/mol. The average Bonchev–Trinajstić information content (AvgIpc) is 2.41. The Kier molecular flexibility index (Phi) is 4.53. The van der Waals surface area contributed by atoms with Gasteiger partial charge in [-0.1, -0.05) is 6.42 Å². The van der Waals surface area contributed by atoms with Gasteiger partial charge in [-0.15, -0.1) is 0 Å². The van der Waals surface area contributed by atoms with E-state index in [-0.39, 0.29) is 11.5 Å². The molecule has 0 aliphatic carbocycles. The van der Waals surface area contributed by atoms with Crippen molar-refractivity contribution in [3.05, 3.63) is 29.6 Å². The number of ether oxygens (including phenoxy) is 1. The summed E-state index contributed by atoms with van der Waals surface area (Å²) in [6, 6.07) is 4.82. The normalized spacial score (nSPS) is 20.3. The molecule has 3 nitrogen and oxygen atoms in total. The summed E-state index contributed by atoms with van der Waals surface area (Å²) in [6.45, 7) is 3.46. The van der Waals surface area contributed by atoms with Gasteiger partial charge < -0.3 is 4.74 Å². The lowest BCUT2D eigenvalue weighted by atomic mass is 10.0.